The van der Waals surface area contributed by atoms with Crippen molar-refractivity contribution in [1.82, 2.24) is 9.88 Å². The van der Waals surface area contributed by atoms with Gasteiger partial charge >= 0.3 is 6.03 Å². The van der Waals surface area contributed by atoms with Crippen LogP contribution in [0.2, 0.25) is 0 Å². The van der Waals surface area contributed by atoms with Gasteiger partial charge in [-0.05, 0) is 60.9 Å². The van der Waals surface area contributed by atoms with E-state index in [-0.39, 0.29) is 5.57 Å². The van der Waals surface area contributed by atoms with Crippen LogP contribution in [0, 0.1) is 6.92 Å². The molecule has 1 N–H and O–H groups in total. The van der Waals surface area contributed by atoms with Gasteiger partial charge in [0.1, 0.15) is 17.9 Å². The Morgan fingerprint density at radius 2 is 1.73 bits per heavy atom. The van der Waals surface area contributed by atoms with Crippen LogP contribution in [0.1, 0.15) is 23.7 Å². The molecule has 2 heterocycles. The molecule has 1 aromatic heterocycles. The number of carbonyl (C=O) groups excluding carboxylic acids is 3. The van der Waals surface area contributed by atoms with Crippen LogP contribution < -0.4 is 15.0 Å². The van der Waals surface area contributed by atoms with Crippen molar-refractivity contribution in [2.45, 2.75) is 26.8 Å². The van der Waals surface area contributed by atoms with E-state index in [1.807, 2.05) is 67.1 Å². The Hall–Kier alpha value is -4.13. The molecule has 0 atom stereocenters. The van der Waals surface area contributed by atoms with Crippen molar-refractivity contribution in [3.05, 3.63) is 89.3 Å². The molecule has 7 nitrogen and oxygen atoms in total. The predicted octanol–water partition coefficient (Wildman–Crippen LogP) is 4.10. The Kier molecular flexibility index (Phi) is 6.40. The molecule has 1 saturated heterocycles. The second-order valence-electron chi connectivity index (χ2n) is 7.72. The first kappa shape index (κ1) is 22.1. The van der Waals surface area contributed by atoms with Gasteiger partial charge in [-0.2, -0.15) is 0 Å². The number of anilines is 1. The number of nitrogens with one attached hydrogen (secondary N) is 1. The monoisotopic (exact) mass is 443 g/mol. The van der Waals surface area contributed by atoms with Crippen LogP contribution in [0.25, 0.3) is 6.08 Å². The maximum Gasteiger partial charge on any atom is 0.335 e. The first-order chi connectivity index (χ1) is 16.0. The zero-order valence-electron chi connectivity index (χ0n) is 18.6. The lowest BCUT2D eigenvalue weighted by atomic mass is 10.1. The largest absolute Gasteiger partial charge is 0.491 e. The number of aromatic nitrogens is 1. The first-order valence-electron chi connectivity index (χ1n) is 10.8. The van der Waals surface area contributed by atoms with Crippen molar-refractivity contribution < 1.29 is 19.1 Å². The number of rotatable bonds is 7. The summed E-state index contributed by atoms with van der Waals surface area (Å²) in [7, 11) is 0. The summed E-state index contributed by atoms with van der Waals surface area (Å²) in [5.41, 5.74) is 3.11. The normalized spacial score (nSPS) is 15.2. The summed E-state index contributed by atoms with van der Waals surface area (Å²) in [6, 6.07) is 17.8. The van der Waals surface area contributed by atoms with Crippen molar-refractivity contribution in [3.8, 4) is 5.75 Å². The van der Waals surface area contributed by atoms with E-state index >= 15 is 0 Å². The molecule has 3 aromatic rings. The summed E-state index contributed by atoms with van der Waals surface area (Å²) in [6.07, 6.45) is 4.20. The van der Waals surface area contributed by atoms with Crippen molar-refractivity contribution >= 4 is 29.6 Å². The van der Waals surface area contributed by atoms with E-state index in [4.69, 9.17) is 4.74 Å². The van der Waals surface area contributed by atoms with Gasteiger partial charge in [0.25, 0.3) is 11.8 Å². The molecule has 1 aliphatic heterocycles. The molecule has 4 rings (SSSR count). The predicted molar refractivity (Wildman–Crippen MR) is 126 cm³/mol. The van der Waals surface area contributed by atoms with Gasteiger partial charge in [0.15, 0.2) is 0 Å². The van der Waals surface area contributed by atoms with Crippen LogP contribution in [0.3, 0.4) is 0 Å². The molecule has 0 bridgehead atoms. The minimum atomic E-state index is -0.756. The van der Waals surface area contributed by atoms with Gasteiger partial charge in [0.05, 0.1) is 12.2 Å². The summed E-state index contributed by atoms with van der Waals surface area (Å²) in [5.74, 6) is -0.554. The fourth-order valence-electron chi connectivity index (χ4n) is 3.65. The van der Waals surface area contributed by atoms with Gasteiger partial charge < -0.3 is 9.30 Å². The second kappa shape index (κ2) is 9.56. The minimum Gasteiger partial charge on any atom is -0.491 e. The third-order valence-electron chi connectivity index (χ3n) is 5.54. The molecule has 0 unspecified atom stereocenters. The van der Waals surface area contributed by atoms with Crippen LogP contribution >= 0.6 is 0 Å². The molecule has 1 aliphatic rings. The number of carbonyl (C=O) groups is 3. The Morgan fingerprint density at radius 1 is 0.970 bits per heavy atom. The molecule has 2 aromatic carbocycles. The Balaban J connectivity index is 1.53. The van der Waals surface area contributed by atoms with Crippen LogP contribution in [0.15, 0.2) is 72.4 Å². The fraction of sp³-hybridized carbons (Fsp3) is 0.192. The number of urea groups is 1. The van der Waals surface area contributed by atoms with E-state index in [1.54, 1.807) is 18.2 Å². The molecular weight excluding hydrogens is 418 g/mol. The molecule has 168 valence electrons. The number of barbiturate groups is 1. The van der Waals surface area contributed by atoms with Gasteiger partial charge in [-0.1, -0.05) is 37.3 Å². The zero-order valence-corrected chi connectivity index (χ0v) is 18.6. The highest BCUT2D eigenvalue weighted by atomic mass is 16.5. The summed E-state index contributed by atoms with van der Waals surface area (Å²) >= 11 is 0. The number of benzene rings is 2. The number of nitrogens with zero attached hydrogens (tertiary/aromatic N) is 2. The molecule has 1 fully saturated rings. The highest BCUT2D eigenvalue weighted by molar-refractivity contribution is 6.39. The van der Waals surface area contributed by atoms with Crippen LogP contribution in [-0.4, -0.2) is 29.0 Å². The maximum absolute atomic E-state index is 13.1. The molecule has 7 heteroatoms. The molecule has 33 heavy (non-hydrogen) atoms. The number of aryl methyl sites for hydroxylation is 2. The third kappa shape index (κ3) is 4.72. The maximum atomic E-state index is 13.1. The second-order valence-corrected chi connectivity index (χ2v) is 7.72. The quantitative estimate of drug-likeness (QED) is 0.440. The van der Waals surface area contributed by atoms with Crippen LogP contribution in [0.5, 0.6) is 5.75 Å². The van der Waals surface area contributed by atoms with E-state index in [9.17, 15) is 14.4 Å². The van der Waals surface area contributed by atoms with E-state index in [1.165, 1.54) is 6.08 Å². The lowest BCUT2D eigenvalue weighted by molar-refractivity contribution is -0.122. The van der Waals surface area contributed by atoms with Crippen molar-refractivity contribution in [2.75, 3.05) is 11.5 Å². The van der Waals surface area contributed by atoms with E-state index < -0.39 is 17.8 Å². The third-order valence-corrected chi connectivity index (χ3v) is 5.54. The van der Waals surface area contributed by atoms with Gasteiger partial charge in [-0.25, -0.2) is 9.69 Å². The average Bonchev–Trinajstić information content (AvgIpc) is 3.25. The lowest BCUT2D eigenvalue weighted by Gasteiger charge is -2.26. The molecule has 0 spiro atoms. The smallest absolute Gasteiger partial charge is 0.335 e. The summed E-state index contributed by atoms with van der Waals surface area (Å²) in [4.78, 5) is 39.0. The summed E-state index contributed by atoms with van der Waals surface area (Å²) < 4.78 is 7.76. The van der Waals surface area contributed by atoms with Crippen LogP contribution in [-0.2, 0) is 22.6 Å². The first-order valence-corrected chi connectivity index (χ1v) is 10.8. The summed E-state index contributed by atoms with van der Waals surface area (Å²) in [6.45, 7) is 4.95. The zero-order chi connectivity index (χ0) is 23.4. The number of hydrogen-bond donors (Lipinski definition) is 1. The molecule has 0 radical (unpaired) electrons. The Labute approximate surface area is 192 Å². The van der Waals surface area contributed by atoms with E-state index in [0.717, 1.165) is 28.2 Å². The Morgan fingerprint density at radius 3 is 2.45 bits per heavy atom. The topological polar surface area (TPSA) is 80.6 Å². The number of ether oxygens (including phenoxy) is 1. The Bertz CT molecular complexity index is 1220. The number of para-hydroxylation sites is 1. The molecular formula is C26H25N3O4. The van der Waals surface area contributed by atoms with Gasteiger partial charge in [0, 0.05) is 11.9 Å². The fourth-order valence-corrected chi connectivity index (χ4v) is 3.65. The SMILES string of the molecule is CCc1ccc(N2C(=O)NC(=O)/C(=C\c3cccn3CCOc3ccccc3C)C2=O)cc1. The highest BCUT2D eigenvalue weighted by Crippen LogP contribution is 2.23. The van der Waals surface area contributed by atoms with E-state index in [0.29, 0.717) is 24.5 Å². The number of imide groups is 2. The van der Waals surface area contributed by atoms with Crippen LogP contribution in [0.4, 0.5) is 10.5 Å². The number of hydrogen-bond acceptors (Lipinski definition) is 4. The van der Waals surface area contributed by atoms with Gasteiger partial charge in [0.2, 0.25) is 0 Å². The van der Waals surface area contributed by atoms with Crippen molar-refractivity contribution in [3.63, 3.8) is 0 Å². The summed E-state index contributed by atoms with van der Waals surface area (Å²) in [5, 5.41) is 2.26. The standard InChI is InChI=1S/C26H25N3O4/c1-3-19-10-12-20(13-11-19)29-25(31)22(24(30)27-26(29)32)17-21-8-6-14-28(21)15-16-33-23-9-5-4-7-18(23)2/h4-14,17H,3,15-16H2,1-2H3,(H,27,30,32)/b22-17+. The van der Waals surface area contributed by atoms with Gasteiger partial charge in [-0.15, -0.1) is 0 Å². The molecule has 4 amide bonds. The lowest BCUT2D eigenvalue weighted by Crippen LogP contribution is -2.54. The van der Waals surface area contributed by atoms with Crippen molar-refractivity contribution in [2.24, 2.45) is 0 Å². The van der Waals surface area contributed by atoms with Crippen molar-refractivity contribution in [1.29, 1.82) is 0 Å². The molecule has 0 aliphatic carbocycles. The molecule has 0 saturated carbocycles. The minimum absolute atomic E-state index is 0.103. The van der Waals surface area contributed by atoms with E-state index in [2.05, 4.69) is 5.32 Å². The average molecular weight is 444 g/mol. The highest BCUT2D eigenvalue weighted by Gasteiger charge is 2.36. The number of amides is 4. The van der Waals surface area contributed by atoms with Gasteiger partial charge in [-0.3, -0.25) is 14.9 Å².